The third kappa shape index (κ3) is 2.42. The second kappa shape index (κ2) is 5.00. The van der Waals surface area contributed by atoms with Gasteiger partial charge in [0.25, 0.3) is 5.95 Å². The Hall–Kier alpha value is -3.14. The lowest BCUT2D eigenvalue weighted by atomic mass is 10.2. The molecule has 0 saturated heterocycles. The van der Waals surface area contributed by atoms with Crippen molar-refractivity contribution in [2.75, 3.05) is 10.6 Å². The SMILES string of the molecule is N#Cc1ccc(Nc2nnc3ccc(NC4CC4)nn23)cc1. The number of aromatic nitrogens is 4. The van der Waals surface area contributed by atoms with Gasteiger partial charge < -0.3 is 10.6 Å². The van der Waals surface area contributed by atoms with E-state index in [0.717, 1.165) is 11.5 Å². The molecule has 0 amide bonds. The Morgan fingerprint density at radius 2 is 1.91 bits per heavy atom. The number of anilines is 3. The van der Waals surface area contributed by atoms with E-state index in [9.17, 15) is 0 Å². The number of hydrogen-bond acceptors (Lipinski definition) is 6. The van der Waals surface area contributed by atoms with Crippen LogP contribution < -0.4 is 10.6 Å². The van der Waals surface area contributed by atoms with Crippen molar-refractivity contribution >= 4 is 23.1 Å². The van der Waals surface area contributed by atoms with Crippen molar-refractivity contribution in [3.8, 4) is 6.07 Å². The summed E-state index contributed by atoms with van der Waals surface area (Å²) in [6.07, 6.45) is 2.39. The molecular formula is C15H13N7. The minimum atomic E-state index is 0.538. The van der Waals surface area contributed by atoms with Crippen molar-refractivity contribution in [3.05, 3.63) is 42.0 Å². The maximum Gasteiger partial charge on any atom is 0.250 e. The molecule has 3 aromatic rings. The third-order valence-electron chi connectivity index (χ3n) is 3.46. The smallest absolute Gasteiger partial charge is 0.250 e. The van der Waals surface area contributed by atoms with Gasteiger partial charge in [0, 0.05) is 11.7 Å². The first kappa shape index (κ1) is 12.6. The van der Waals surface area contributed by atoms with Crippen LogP contribution in [0.3, 0.4) is 0 Å². The molecule has 0 aliphatic heterocycles. The Bertz CT molecular complexity index is 856. The summed E-state index contributed by atoms with van der Waals surface area (Å²) >= 11 is 0. The largest absolute Gasteiger partial charge is 0.366 e. The zero-order valence-electron chi connectivity index (χ0n) is 11.7. The van der Waals surface area contributed by atoms with Gasteiger partial charge >= 0.3 is 0 Å². The number of nitrogens with one attached hydrogen (secondary N) is 2. The van der Waals surface area contributed by atoms with E-state index in [1.54, 1.807) is 16.6 Å². The normalized spacial score (nSPS) is 13.8. The topological polar surface area (TPSA) is 90.9 Å². The molecule has 7 heteroatoms. The lowest BCUT2D eigenvalue weighted by molar-refractivity contribution is 0.924. The van der Waals surface area contributed by atoms with Crippen LogP contribution in [0.4, 0.5) is 17.5 Å². The first-order valence-corrected chi connectivity index (χ1v) is 7.08. The molecule has 1 aromatic carbocycles. The number of rotatable bonds is 4. The van der Waals surface area contributed by atoms with Crippen molar-refractivity contribution in [1.82, 2.24) is 19.8 Å². The van der Waals surface area contributed by atoms with Crippen LogP contribution in [0.25, 0.3) is 5.65 Å². The van der Waals surface area contributed by atoms with Crippen LogP contribution in [0, 0.1) is 11.3 Å². The van der Waals surface area contributed by atoms with E-state index in [2.05, 4.69) is 32.0 Å². The predicted octanol–water partition coefficient (Wildman–Crippen LogP) is 2.31. The van der Waals surface area contributed by atoms with Gasteiger partial charge in [-0.15, -0.1) is 15.3 Å². The van der Waals surface area contributed by atoms with Crippen molar-refractivity contribution in [2.45, 2.75) is 18.9 Å². The summed E-state index contributed by atoms with van der Waals surface area (Å²) in [7, 11) is 0. The summed E-state index contributed by atoms with van der Waals surface area (Å²) in [5, 5.41) is 28.1. The van der Waals surface area contributed by atoms with Crippen LogP contribution in [-0.2, 0) is 0 Å². The van der Waals surface area contributed by atoms with Crippen molar-refractivity contribution in [2.24, 2.45) is 0 Å². The molecule has 1 aliphatic rings. The van der Waals surface area contributed by atoms with Crippen LogP contribution in [0.15, 0.2) is 36.4 Å². The molecule has 1 saturated carbocycles. The van der Waals surface area contributed by atoms with E-state index in [1.807, 2.05) is 24.3 Å². The van der Waals surface area contributed by atoms with Crippen molar-refractivity contribution in [3.63, 3.8) is 0 Å². The Morgan fingerprint density at radius 3 is 2.64 bits per heavy atom. The van der Waals surface area contributed by atoms with E-state index in [1.165, 1.54) is 12.8 Å². The summed E-state index contributed by atoms with van der Waals surface area (Å²) in [6, 6.07) is 13.6. The zero-order chi connectivity index (χ0) is 14.9. The van der Waals surface area contributed by atoms with E-state index < -0.39 is 0 Å². The third-order valence-corrected chi connectivity index (χ3v) is 3.46. The lowest BCUT2D eigenvalue weighted by Gasteiger charge is -2.06. The lowest BCUT2D eigenvalue weighted by Crippen LogP contribution is -2.07. The van der Waals surface area contributed by atoms with Gasteiger partial charge in [-0.3, -0.25) is 0 Å². The van der Waals surface area contributed by atoms with Gasteiger partial charge in [0.2, 0.25) is 0 Å². The maximum absolute atomic E-state index is 8.82. The minimum Gasteiger partial charge on any atom is -0.366 e. The van der Waals surface area contributed by atoms with Crippen molar-refractivity contribution < 1.29 is 0 Å². The molecule has 2 heterocycles. The molecule has 0 atom stereocenters. The maximum atomic E-state index is 8.82. The quantitative estimate of drug-likeness (QED) is 0.766. The summed E-state index contributed by atoms with van der Waals surface area (Å²) < 4.78 is 1.67. The molecule has 0 unspecified atom stereocenters. The Morgan fingerprint density at radius 1 is 1.09 bits per heavy atom. The summed E-state index contributed by atoms with van der Waals surface area (Å²) in [6.45, 7) is 0. The van der Waals surface area contributed by atoms with Crippen molar-refractivity contribution in [1.29, 1.82) is 5.26 Å². The minimum absolute atomic E-state index is 0.538. The highest BCUT2D eigenvalue weighted by Crippen LogP contribution is 2.24. The molecule has 2 N–H and O–H groups in total. The Labute approximate surface area is 126 Å². The Balaban J connectivity index is 1.63. The highest BCUT2D eigenvalue weighted by Gasteiger charge is 2.21. The highest BCUT2D eigenvalue weighted by atomic mass is 15.4. The number of nitriles is 1. The molecule has 1 aliphatic carbocycles. The first-order chi connectivity index (χ1) is 10.8. The van der Waals surface area contributed by atoms with Gasteiger partial charge in [-0.05, 0) is 49.2 Å². The van der Waals surface area contributed by atoms with E-state index in [0.29, 0.717) is 23.2 Å². The number of nitrogens with zero attached hydrogens (tertiary/aromatic N) is 5. The Kier molecular flexibility index (Phi) is 2.86. The van der Waals surface area contributed by atoms with Gasteiger partial charge in [-0.1, -0.05) is 0 Å². The fraction of sp³-hybridized carbons (Fsp3) is 0.200. The number of fused-ring (bicyclic) bond motifs is 1. The second-order valence-electron chi connectivity index (χ2n) is 5.24. The van der Waals surface area contributed by atoms with E-state index >= 15 is 0 Å². The van der Waals surface area contributed by atoms with Gasteiger partial charge in [0.15, 0.2) is 5.65 Å². The molecule has 108 valence electrons. The van der Waals surface area contributed by atoms with Crippen LogP contribution >= 0.6 is 0 Å². The highest BCUT2D eigenvalue weighted by molar-refractivity contribution is 5.58. The van der Waals surface area contributed by atoms with Gasteiger partial charge in [0.1, 0.15) is 5.82 Å². The molecule has 0 radical (unpaired) electrons. The molecule has 0 spiro atoms. The van der Waals surface area contributed by atoms with Crippen LogP contribution in [-0.4, -0.2) is 25.9 Å². The average Bonchev–Trinajstić information content (AvgIpc) is 3.28. The van der Waals surface area contributed by atoms with E-state index in [-0.39, 0.29) is 0 Å². The van der Waals surface area contributed by atoms with Crippen LogP contribution in [0.2, 0.25) is 0 Å². The van der Waals surface area contributed by atoms with Gasteiger partial charge in [0.05, 0.1) is 11.6 Å². The molecule has 22 heavy (non-hydrogen) atoms. The zero-order valence-corrected chi connectivity index (χ0v) is 11.7. The molecule has 2 aromatic heterocycles. The summed E-state index contributed by atoms with van der Waals surface area (Å²) in [5.74, 6) is 1.36. The molecule has 4 rings (SSSR count). The summed E-state index contributed by atoms with van der Waals surface area (Å²) in [4.78, 5) is 0. The molecule has 0 bridgehead atoms. The fourth-order valence-electron chi connectivity index (χ4n) is 2.14. The number of benzene rings is 1. The first-order valence-electron chi connectivity index (χ1n) is 7.08. The van der Waals surface area contributed by atoms with Gasteiger partial charge in [-0.2, -0.15) is 9.78 Å². The molecular weight excluding hydrogens is 278 g/mol. The molecule has 1 fully saturated rings. The van der Waals surface area contributed by atoms with Gasteiger partial charge in [-0.25, -0.2) is 0 Å². The average molecular weight is 291 g/mol. The standard InChI is InChI=1S/C15H13N7/c16-9-10-1-3-12(4-2-10)18-15-20-19-14-8-7-13(21-22(14)15)17-11-5-6-11/h1-4,7-8,11H,5-6H2,(H,17,21)(H,18,20). The fourth-order valence-corrected chi connectivity index (χ4v) is 2.14. The summed E-state index contributed by atoms with van der Waals surface area (Å²) in [5.41, 5.74) is 2.12. The van der Waals surface area contributed by atoms with Crippen LogP contribution in [0.1, 0.15) is 18.4 Å². The number of hydrogen-bond donors (Lipinski definition) is 2. The second-order valence-corrected chi connectivity index (χ2v) is 5.24. The van der Waals surface area contributed by atoms with E-state index in [4.69, 9.17) is 5.26 Å². The molecule has 7 nitrogen and oxygen atoms in total. The monoisotopic (exact) mass is 291 g/mol. The van der Waals surface area contributed by atoms with Crippen LogP contribution in [0.5, 0.6) is 0 Å². The predicted molar refractivity (Wildman–Crippen MR) is 81.9 cm³/mol.